The molecule has 6 rings (SSSR count). The van der Waals surface area contributed by atoms with Gasteiger partial charge in [-0.25, -0.2) is 0 Å². The fourth-order valence-electron chi connectivity index (χ4n) is 5.15. The van der Waals surface area contributed by atoms with E-state index in [1.54, 1.807) is 0 Å². The van der Waals surface area contributed by atoms with Crippen LogP contribution in [-0.4, -0.2) is 6.54 Å². The Bertz CT molecular complexity index is 1230. The van der Waals surface area contributed by atoms with Crippen molar-refractivity contribution in [3.63, 3.8) is 0 Å². The normalized spacial score (nSPS) is 16.4. The molecule has 0 N–H and O–H groups in total. The summed E-state index contributed by atoms with van der Waals surface area (Å²) < 4.78 is 6.08. The van der Waals surface area contributed by atoms with Crippen LogP contribution in [0.15, 0.2) is 97.1 Å². The van der Waals surface area contributed by atoms with Crippen molar-refractivity contribution in [1.29, 1.82) is 0 Å². The topological polar surface area (TPSA) is 12.5 Å². The summed E-state index contributed by atoms with van der Waals surface area (Å²) in [5, 5.41) is 0. The van der Waals surface area contributed by atoms with E-state index < -0.39 is 0 Å². The smallest absolute Gasteiger partial charge is 0.120 e. The van der Waals surface area contributed by atoms with Gasteiger partial charge in [-0.2, -0.15) is 0 Å². The molecule has 4 aromatic carbocycles. The molecular weight excluding hydrogens is 378 g/mol. The van der Waals surface area contributed by atoms with Crippen LogP contribution in [0.5, 0.6) is 5.75 Å². The van der Waals surface area contributed by atoms with Gasteiger partial charge in [0.1, 0.15) is 12.4 Å². The van der Waals surface area contributed by atoms with Gasteiger partial charge in [-0.1, -0.05) is 78.9 Å². The zero-order valence-electron chi connectivity index (χ0n) is 17.5. The first-order valence-corrected chi connectivity index (χ1v) is 11.1. The molecule has 31 heavy (non-hydrogen) atoms. The molecule has 0 bridgehead atoms. The second-order valence-electron chi connectivity index (χ2n) is 8.47. The highest BCUT2D eigenvalue weighted by molar-refractivity contribution is 5.75. The number of hydrogen-bond donors (Lipinski definition) is 0. The molecule has 2 heteroatoms. The summed E-state index contributed by atoms with van der Waals surface area (Å²) in [4.78, 5) is 2.60. The molecule has 4 aromatic rings. The van der Waals surface area contributed by atoms with Crippen LogP contribution in [0.2, 0.25) is 0 Å². The van der Waals surface area contributed by atoms with Crippen molar-refractivity contribution in [1.82, 2.24) is 0 Å². The number of fused-ring (bicyclic) bond motifs is 4. The Morgan fingerprint density at radius 3 is 2.42 bits per heavy atom. The predicted octanol–water partition coefficient (Wildman–Crippen LogP) is 6.59. The highest BCUT2D eigenvalue weighted by Crippen LogP contribution is 2.45. The Morgan fingerprint density at radius 2 is 1.52 bits per heavy atom. The van der Waals surface area contributed by atoms with Gasteiger partial charge < -0.3 is 9.64 Å². The summed E-state index contributed by atoms with van der Waals surface area (Å²) in [5.74, 6) is 0.957. The van der Waals surface area contributed by atoms with E-state index in [0.717, 1.165) is 25.1 Å². The van der Waals surface area contributed by atoms with Crippen LogP contribution in [0.1, 0.15) is 28.3 Å². The minimum atomic E-state index is 0.378. The van der Waals surface area contributed by atoms with Gasteiger partial charge in [-0.3, -0.25) is 0 Å². The van der Waals surface area contributed by atoms with Gasteiger partial charge in [0.25, 0.3) is 0 Å². The molecule has 1 aliphatic carbocycles. The van der Waals surface area contributed by atoms with E-state index >= 15 is 0 Å². The molecule has 0 spiro atoms. The molecule has 2 aliphatic rings. The molecule has 0 fully saturated rings. The van der Waals surface area contributed by atoms with E-state index in [1.807, 2.05) is 6.07 Å². The van der Waals surface area contributed by atoms with E-state index in [9.17, 15) is 0 Å². The molecule has 0 saturated heterocycles. The Hall–Kier alpha value is -3.52. The second kappa shape index (κ2) is 7.63. The summed E-state index contributed by atoms with van der Waals surface area (Å²) in [6.07, 6.45) is 2.12. The van der Waals surface area contributed by atoms with Crippen LogP contribution in [0, 0.1) is 0 Å². The van der Waals surface area contributed by atoms with Crippen molar-refractivity contribution in [3.05, 3.63) is 119 Å². The molecule has 0 aromatic heterocycles. The third-order valence-corrected chi connectivity index (χ3v) is 6.65. The number of nitrogens with zero attached hydrogens (tertiary/aromatic N) is 1. The maximum absolute atomic E-state index is 6.08. The number of rotatable bonds is 4. The molecule has 2 nitrogen and oxygen atoms in total. The van der Waals surface area contributed by atoms with Crippen molar-refractivity contribution < 1.29 is 4.74 Å². The third kappa shape index (κ3) is 3.29. The molecule has 1 heterocycles. The molecule has 1 aliphatic heterocycles. The SMILES string of the molecule is c1ccc(COc2ccc3c(c2)CCN3C2Cc3ccccc3-c3ccccc32)cc1. The minimum absolute atomic E-state index is 0.378. The predicted molar refractivity (Wildman–Crippen MR) is 127 cm³/mol. The van der Waals surface area contributed by atoms with Crippen molar-refractivity contribution >= 4 is 5.69 Å². The number of ether oxygens (including phenoxy) is 1. The maximum Gasteiger partial charge on any atom is 0.120 e. The van der Waals surface area contributed by atoms with Crippen LogP contribution in [0.4, 0.5) is 5.69 Å². The van der Waals surface area contributed by atoms with Crippen molar-refractivity contribution in [2.24, 2.45) is 0 Å². The molecule has 0 radical (unpaired) electrons. The highest BCUT2D eigenvalue weighted by atomic mass is 16.5. The van der Waals surface area contributed by atoms with E-state index in [1.165, 1.54) is 39.1 Å². The molecule has 0 amide bonds. The van der Waals surface area contributed by atoms with Gasteiger partial charge in [0.15, 0.2) is 0 Å². The van der Waals surface area contributed by atoms with E-state index in [4.69, 9.17) is 4.74 Å². The quantitative estimate of drug-likeness (QED) is 0.381. The van der Waals surface area contributed by atoms with Gasteiger partial charge in [0.2, 0.25) is 0 Å². The number of hydrogen-bond acceptors (Lipinski definition) is 2. The zero-order chi connectivity index (χ0) is 20.6. The first-order chi connectivity index (χ1) is 15.4. The first-order valence-electron chi connectivity index (χ1n) is 11.1. The van der Waals surface area contributed by atoms with Gasteiger partial charge in [-0.15, -0.1) is 0 Å². The summed E-state index contributed by atoms with van der Waals surface area (Å²) in [5.41, 5.74) is 9.60. The van der Waals surface area contributed by atoms with Gasteiger partial charge in [0, 0.05) is 12.2 Å². The maximum atomic E-state index is 6.08. The fraction of sp³-hybridized carbons (Fsp3) is 0.172. The largest absolute Gasteiger partial charge is 0.489 e. The van der Waals surface area contributed by atoms with E-state index in [-0.39, 0.29) is 0 Å². The summed E-state index contributed by atoms with van der Waals surface area (Å²) in [6, 6.07) is 35.1. The first kappa shape index (κ1) is 18.3. The standard InChI is InChI=1S/C29H25NO/c1-2-8-21(9-3-1)20-31-24-14-15-28-23(18-24)16-17-30(28)29-19-22-10-4-5-11-25(22)26-12-6-7-13-27(26)29/h1-15,18,29H,16-17,19-20H2. The summed E-state index contributed by atoms with van der Waals surface area (Å²) >= 11 is 0. The molecule has 152 valence electrons. The summed E-state index contributed by atoms with van der Waals surface area (Å²) in [7, 11) is 0. The zero-order valence-corrected chi connectivity index (χ0v) is 17.5. The van der Waals surface area contributed by atoms with Crippen LogP contribution in [0.25, 0.3) is 11.1 Å². The van der Waals surface area contributed by atoms with E-state index in [2.05, 4.69) is 95.9 Å². The lowest BCUT2D eigenvalue weighted by molar-refractivity contribution is 0.306. The molecule has 0 saturated carbocycles. The third-order valence-electron chi connectivity index (χ3n) is 6.65. The molecular formula is C29H25NO. The average molecular weight is 404 g/mol. The minimum Gasteiger partial charge on any atom is -0.489 e. The lowest BCUT2D eigenvalue weighted by atomic mass is 9.82. The van der Waals surface area contributed by atoms with Gasteiger partial charge >= 0.3 is 0 Å². The van der Waals surface area contributed by atoms with Crippen LogP contribution in [0.3, 0.4) is 0 Å². The molecule has 1 atom stereocenters. The van der Waals surface area contributed by atoms with Crippen LogP contribution < -0.4 is 9.64 Å². The second-order valence-corrected chi connectivity index (χ2v) is 8.47. The van der Waals surface area contributed by atoms with Crippen molar-refractivity contribution in [2.75, 3.05) is 11.4 Å². The van der Waals surface area contributed by atoms with Crippen LogP contribution >= 0.6 is 0 Å². The highest BCUT2D eigenvalue weighted by Gasteiger charge is 2.32. The lowest BCUT2D eigenvalue weighted by Crippen LogP contribution is -2.30. The van der Waals surface area contributed by atoms with Gasteiger partial charge in [0.05, 0.1) is 6.04 Å². The Balaban J connectivity index is 1.29. The van der Waals surface area contributed by atoms with Crippen molar-refractivity contribution in [3.8, 4) is 16.9 Å². The van der Waals surface area contributed by atoms with Crippen molar-refractivity contribution in [2.45, 2.75) is 25.5 Å². The fourth-order valence-corrected chi connectivity index (χ4v) is 5.15. The number of anilines is 1. The monoisotopic (exact) mass is 403 g/mol. The Morgan fingerprint density at radius 1 is 0.742 bits per heavy atom. The lowest BCUT2D eigenvalue weighted by Gasteiger charge is -2.36. The molecule has 1 unspecified atom stereocenters. The average Bonchev–Trinajstić information content (AvgIpc) is 3.26. The Labute approximate surface area is 183 Å². The van der Waals surface area contributed by atoms with Gasteiger partial charge in [-0.05, 0) is 64.4 Å². The Kier molecular flexibility index (Phi) is 4.49. The summed E-state index contributed by atoms with van der Waals surface area (Å²) in [6.45, 7) is 1.66. The van der Waals surface area contributed by atoms with Crippen LogP contribution in [-0.2, 0) is 19.4 Å². The number of benzene rings is 4. The van der Waals surface area contributed by atoms with E-state index in [0.29, 0.717) is 12.6 Å².